The van der Waals surface area contributed by atoms with Crippen molar-refractivity contribution in [1.29, 1.82) is 0 Å². The number of hydrogen-bond donors (Lipinski definition) is 2. The number of rotatable bonds is 8. The summed E-state index contributed by atoms with van der Waals surface area (Å²) in [5.74, 6) is 3.31. The summed E-state index contributed by atoms with van der Waals surface area (Å²) in [6.45, 7) is 4.69. The number of nitrogens with one attached hydrogen (secondary N) is 2. The van der Waals surface area contributed by atoms with E-state index in [1.807, 2.05) is 53.2 Å². The lowest BCUT2D eigenvalue weighted by Crippen LogP contribution is -2.20. The van der Waals surface area contributed by atoms with Gasteiger partial charge in [0.2, 0.25) is 11.8 Å². The molecule has 4 aromatic heterocycles. The van der Waals surface area contributed by atoms with Crippen molar-refractivity contribution in [3.63, 3.8) is 0 Å². The van der Waals surface area contributed by atoms with E-state index in [4.69, 9.17) is 9.72 Å². The fourth-order valence-corrected chi connectivity index (χ4v) is 3.68. The second-order valence-corrected chi connectivity index (χ2v) is 7.70. The summed E-state index contributed by atoms with van der Waals surface area (Å²) in [7, 11) is 0. The first kappa shape index (κ1) is 20.0. The molecule has 0 saturated carbocycles. The third kappa shape index (κ3) is 4.56. The molecule has 1 aliphatic rings. The molecule has 1 aliphatic heterocycles. The summed E-state index contributed by atoms with van der Waals surface area (Å²) in [5, 5.41) is 6.64. The van der Waals surface area contributed by atoms with Crippen LogP contribution in [-0.2, 0) is 0 Å². The Morgan fingerprint density at radius 2 is 1.88 bits per heavy atom. The number of aromatic nitrogens is 5. The maximum absolute atomic E-state index is 5.65. The van der Waals surface area contributed by atoms with Crippen molar-refractivity contribution >= 4 is 34.7 Å². The molecular weight excluding hydrogens is 404 g/mol. The van der Waals surface area contributed by atoms with Crippen LogP contribution in [0.25, 0.3) is 5.65 Å². The zero-order valence-corrected chi connectivity index (χ0v) is 18.0. The van der Waals surface area contributed by atoms with Gasteiger partial charge in [-0.1, -0.05) is 13.0 Å². The lowest BCUT2D eigenvalue weighted by atomic mass is 10.3. The molecule has 164 valence electrons. The van der Waals surface area contributed by atoms with Gasteiger partial charge in [-0.05, 0) is 31.4 Å². The number of imidazole rings is 1. The third-order valence-electron chi connectivity index (χ3n) is 5.23. The van der Waals surface area contributed by atoms with Gasteiger partial charge in [0, 0.05) is 55.6 Å². The number of pyridine rings is 2. The molecule has 0 bridgehead atoms. The summed E-state index contributed by atoms with van der Waals surface area (Å²) < 4.78 is 7.61. The highest BCUT2D eigenvalue weighted by Crippen LogP contribution is 2.26. The van der Waals surface area contributed by atoms with Gasteiger partial charge in [0.1, 0.15) is 23.1 Å². The Labute approximate surface area is 186 Å². The summed E-state index contributed by atoms with van der Waals surface area (Å²) in [4.78, 5) is 20.6. The molecule has 32 heavy (non-hydrogen) atoms. The van der Waals surface area contributed by atoms with E-state index in [0.29, 0.717) is 30.1 Å². The molecule has 4 aromatic rings. The highest BCUT2D eigenvalue weighted by atomic mass is 16.5. The van der Waals surface area contributed by atoms with Crippen LogP contribution in [-0.4, -0.2) is 44.0 Å². The molecule has 0 aliphatic carbocycles. The van der Waals surface area contributed by atoms with Crippen LogP contribution in [0.15, 0.2) is 55.0 Å². The molecule has 0 aromatic carbocycles. The summed E-state index contributed by atoms with van der Waals surface area (Å²) >= 11 is 0. The minimum atomic E-state index is 0.485. The molecule has 0 unspecified atom stereocenters. The quantitative estimate of drug-likeness (QED) is 0.425. The zero-order valence-electron chi connectivity index (χ0n) is 18.0. The van der Waals surface area contributed by atoms with Crippen LogP contribution >= 0.6 is 0 Å². The van der Waals surface area contributed by atoms with Crippen molar-refractivity contribution in [2.24, 2.45) is 0 Å². The first-order chi connectivity index (χ1) is 15.8. The van der Waals surface area contributed by atoms with Crippen molar-refractivity contribution in [2.75, 3.05) is 35.2 Å². The van der Waals surface area contributed by atoms with Crippen LogP contribution < -0.4 is 20.3 Å². The number of nitrogens with zero attached hydrogens (tertiary/aromatic N) is 6. The Bertz CT molecular complexity index is 1200. The van der Waals surface area contributed by atoms with Gasteiger partial charge in [-0.25, -0.2) is 4.98 Å². The average Bonchev–Trinajstić information content (AvgIpc) is 3.50. The SMILES string of the molecule is CCCOc1cccc(Nc2nc(Nc3ccn4ccnc4c3)cc(N3CCCC3)n2)n1. The lowest BCUT2D eigenvalue weighted by Gasteiger charge is -2.19. The van der Waals surface area contributed by atoms with Gasteiger partial charge < -0.3 is 24.7 Å². The molecule has 1 fully saturated rings. The number of hydrogen-bond acceptors (Lipinski definition) is 8. The third-order valence-corrected chi connectivity index (χ3v) is 5.23. The van der Waals surface area contributed by atoms with Gasteiger partial charge >= 0.3 is 0 Å². The van der Waals surface area contributed by atoms with Crippen molar-refractivity contribution in [3.8, 4) is 5.88 Å². The Hall–Kier alpha value is -3.88. The van der Waals surface area contributed by atoms with Gasteiger partial charge in [-0.3, -0.25) is 0 Å². The summed E-state index contributed by atoms with van der Waals surface area (Å²) in [6.07, 6.45) is 8.94. The Balaban J connectivity index is 1.43. The van der Waals surface area contributed by atoms with E-state index < -0.39 is 0 Å². The van der Waals surface area contributed by atoms with Crippen molar-refractivity contribution in [1.82, 2.24) is 24.3 Å². The summed E-state index contributed by atoms with van der Waals surface area (Å²) in [6, 6.07) is 11.6. The molecule has 1 saturated heterocycles. The molecule has 0 radical (unpaired) electrons. The maximum atomic E-state index is 5.65. The van der Waals surface area contributed by atoms with Crippen LogP contribution in [0.5, 0.6) is 5.88 Å². The second-order valence-electron chi connectivity index (χ2n) is 7.70. The zero-order chi connectivity index (χ0) is 21.8. The van der Waals surface area contributed by atoms with E-state index in [1.54, 1.807) is 6.20 Å². The van der Waals surface area contributed by atoms with Crippen molar-refractivity contribution in [2.45, 2.75) is 26.2 Å². The van der Waals surface area contributed by atoms with Crippen LogP contribution in [0.2, 0.25) is 0 Å². The number of anilines is 5. The van der Waals surface area contributed by atoms with Crippen molar-refractivity contribution < 1.29 is 4.74 Å². The van der Waals surface area contributed by atoms with Crippen LogP contribution in [0.1, 0.15) is 26.2 Å². The first-order valence-electron chi connectivity index (χ1n) is 11.0. The van der Waals surface area contributed by atoms with E-state index in [-0.39, 0.29) is 0 Å². The van der Waals surface area contributed by atoms with Gasteiger partial charge in [0.15, 0.2) is 0 Å². The Morgan fingerprint density at radius 1 is 0.969 bits per heavy atom. The van der Waals surface area contributed by atoms with Crippen LogP contribution in [0.4, 0.5) is 29.1 Å². The maximum Gasteiger partial charge on any atom is 0.232 e. The van der Waals surface area contributed by atoms with E-state index in [2.05, 4.69) is 37.4 Å². The molecule has 0 amide bonds. The highest BCUT2D eigenvalue weighted by Gasteiger charge is 2.16. The monoisotopic (exact) mass is 430 g/mol. The fourth-order valence-electron chi connectivity index (χ4n) is 3.68. The van der Waals surface area contributed by atoms with E-state index in [9.17, 15) is 0 Å². The molecule has 9 heteroatoms. The van der Waals surface area contributed by atoms with Gasteiger partial charge in [-0.2, -0.15) is 15.0 Å². The average molecular weight is 431 g/mol. The molecular formula is C23H26N8O. The molecule has 2 N–H and O–H groups in total. The first-order valence-corrected chi connectivity index (χ1v) is 11.0. The molecule has 9 nitrogen and oxygen atoms in total. The minimum Gasteiger partial charge on any atom is -0.478 e. The standard InChI is InChI=1S/C23H26N8O/c1-2-14-32-22-7-5-6-18(26-22)27-23-28-19(16-21(29-23)30-10-3-4-11-30)25-17-8-12-31-13-9-24-20(31)15-17/h5-9,12-13,15-16H,2-4,10-11,14H2,1H3,(H2,25,26,27,28,29). The van der Waals surface area contributed by atoms with Gasteiger partial charge in [0.25, 0.3) is 0 Å². The lowest BCUT2D eigenvalue weighted by molar-refractivity contribution is 0.306. The predicted octanol–water partition coefficient (Wildman–Crippen LogP) is 4.40. The number of fused-ring (bicyclic) bond motifs is 1. The molecule has 5 heterocycles. The largest absolute Gasteiger partial charge is 0.478 e. The Kier molecular flexibility index (Phi) is 5.69. The normalized spacial score (nSPS) is 13.5. The molecule has 0 atom stereocenters. The van der Waals surface area contributed by atoms with Gasteiger partial charge in [0.05, 0.1) is 6.61 Å². The topological polar surface area (TPSA) is 92.5 Å². The molecule has 5 rings (SSSR count). The van der Waals surface area contributed by atoms with Gasteiger partial charge in [-0.15, -0.1) is 0 Å². The predicted molar refractivity (Wildman–Crippen MR) is 125 cm³/mol. The highest BCUT2D eigenvalue weighted by molar-refractivity contribution is 5.65. The van der Waals surface area contributed by atoms with Crippen LogP contribution in [0, 0.1) is 0 Å². The fraction of sp³-hybridized carbons (Fsp3) is 0.304. The van der Waals surface area contributed by atoms with E-state index in [1.165, 1.54) is 12.8 Å². The number of ether oxygens (including phenoxy) is 1. The van der Waals surface area contributed by atoms with Crippen molar-refractivity contribution in [3.05, 3.63) is 55.0 Å². The second kappa shape index (κ2) is 9.09. The van der Waals surface area contributed by atoms with Crippen LogP contribution in [0.3, 0.4) is 0 Å². The summed E-state index contributed by atoms with van der Waals surface area (Å²) in [5.41, 5.74) is 1.78. The van der Waals surface area contributed by atoms with E-state index in [0.717, 1.165) is 36.7 Å². The Morgan fingerprint density at radius 3 is 2.75 bits per heavy atom. The minimum absolute atomic E-state index is 0.485. The smallest absolute Gasteiger partial charge is 0.232 e. The van der Waals surface area contributed by atoms with E-state index >= 15 is 0 Å². The molecule has 0 spiro atoms.